The Morgan fingerprint density at radius 2 is 2.33 bits per heavy atom. The van der Waals surface area contributed by atoms with Crippen LogP contribution in [0, 0.1) is 0 Å². The maximum absolute atomic E-state index is 8.49. The number of halogens is 1. The van der Waals surface area contributed by atoms with Gasteiger partial charge >= 0.3 is 0 Å². The van der Waals surface area contributed by atoms with Gasteiger partial charge in [0.15, 0.2) is 0 Å². The molecule has 0 amide bonds. The third-order valence-corrected chi connectivity index (χ3v) is 1.65. The fourth-order valence-electron chi connectivity index (χ4n) is 0.976. The number of hydrogen-bond donors (Lipinski definition) is 2. The fourth-order valence-corrected chi connectivity index (χ4v) is 0.976. The molecule has 4 heteroatoms. The van der Waals surface area contributed by atoms with E-state index >= 15 is 0 Å². The third-order valence-electron chi connectivity index (χ3n) is 1.65. The Kier molecular flexibility index (Phi) is 5.80. The second kappa shape index (κ2) is 6.06. The largest absolute Gasteiger partial charge is 0.395 e. The lowest BCUT2D eigenvalue weighted by Crippen LogP contribution is -2.18. The van der Waals surface area contributed by atoms with Crippen LogP contribution in [-0.2, 0) is 13.6 Å². The molecule has 12 heavy (non-hydrogen) atoms. The van der Waals surface area contributed by atoms with Crippen molar-refractivity contribution < 1.29 is 5.11 Å². The molecule has 0 aromatic carbocycles. The lowest BCUT2D eigenvalue weighted by atomic mass is 10.4. The zero-order valence-corrected chi connectivity index (χ0v) is 7.97. The average molecular weight is 191 g/mol. The van der Waals surface area contributed by atoms with E-state index in [4.69, 9.17) is 5.11 Å². The molecule has 1 aromatic rings. The van der Waals surface area contributed by atoms with Crippen molar-refractivity contribution in [3.05, 3.63) is 24.0 Å². The minimum atomic E-state index is 0. The predicted molar refractivity (Wildman–Crippen MR) is 51.5 cm³/mol. The topological polar surface area (TPSA) is 37.2 Å². The quantitative estimate of drug-likeness (QED) is 0.680. The SMILES string of the molecule is Cl.Cn1cccc1CNCCO. The van der Waals surface area contributed by atoms with Crippen molar-refractivity contribution in [2.24, 2.45) is 7.05 Å². The maximum atomic E-state index is 8.49. The summed E-state index contributed by atoms with van der Waals surface area (Å²) >= 11 is 0. The number of nitrogens with one attached hydrogen (secondary N) is 1. The van der Waals surface area contributed by atoms with Crippen molar-refractivity contribution in [1.29, 1.82) is 0 Å². The fraction of sp³-hybridized carbons (Fsp3) is 0.500. The van der Waals surface area contributed by atoms with Crippen LogP contribution in [0.5, 0.6) is 0 Å². The minimum absolute atomic E-state index is 0. The van der Waals surface area contributed by atoms with Crippen LogP contribution in [0.2, 0.25) is 0 Å². The van der Waals surface area contributed by atoms with Gasteiger partial charge in [-0.05, 0) is 12.1 Å². The zero-order valence-electron chi connectivity index (χ0n) is 7.16. The Morgan fingerprint density at radius 1 is 1.58 bits per heavy atom. The zero-order chi connectivity index (χ0) is 8.10. The lowest BCUT2D eigenvalue weighted by molar-refractivity contribution is 0.291. The van der Waals surface area contributed by atoms with E-state index in [0.29, 0.717) is 6.54 Å². The third kappa shape index (κ3) is 3.26. The molecule has 70 valence electrons. The Morgan fingerprint density at radius 3 is 2.83 bits per heavy atom. The summed E-state index contributed by atoms with van der Waals surface area (Å²) in [7, 11) is 2.01. The molecule has 3 nitrogen and oxygen atoms in total. The second-order valence-corrected chi connectivity index (χ2v) is 2.51. The Balaban J connectivity index is 0.00000121. The Labute approximate surface area is 78.8 Å². The number of rotatable bonds is 4. The Hall–Kier alpha value is -0.510. The lowest BCUT2D eigenvalue weighted by Gasteiger charge is -2.03. The number of nitrogens with zero attached hydrogens (tertiary/aromatic N) is 1. The van der Waals surface area contributed by atoms with Crippen LogP contribution in [0.15, 0.2) is 18.3 Å². The second-order valence-electron chi connectivity index (χ2n) is 2.51. The standard InChI is InChI=1S/C8H14N2O.ClH/c1-10-5-2-3-8(10)7-9-4-6-11;/h2-3,5,9,11H,4,6-7H2,1H3;1H. The molecule has 2 N–H and O–H groups in total. The molecular weight excluding hydrogens is 176 g/mol. The molecule has 0 spiro atoms. The average Bonchev–Trinajstić information content (AvgIpc) is 2.37. The molecule has 0 bridgehead atoms. The van der Waals surface area contributed by atoms with Gasteiger partial charge in [0.25, 0.3) is 0 Å². The van der Waals surface area contributed by atoms with E-state index in [1.54, 1.807) is 0 Å². The molecule has 1 aromatic heterocycles. The summed E-state index contributed by atoms with van der Waals surface area (Å²) in [6.45, 7) is 1.68. The monoisotopic (exact) mass is 190 g/mol. The highest BCUT2D eigenvalue weighted by atomic mass is 35.5. The van der Waals surface area contributed by atoms with E-state index in [9.17, 15) is 0 Å². The molecule has 0 atom stereocenters. The van der Waals surface area contributed by atoms with Gasteiger partial charge in [-0.15, -0.1) is 12.4 Å². The van der Waals surface area contributed by atoms with E-state index in [0.717, 1.165) is 6.54 Å². The van der Waals surface area contributed by atoms with Crippen LogP contribution in [0.1, 0.15) is 5.69 Å². The maximum Gasteiger partial charge on any atom is 0.0556 e. The molecule has 0 saturated heterocycles. The van der Waals surface area contributed by atoms with Crippen molar-refractivity contribution in [2.75, 3.05) is 13.2 Å². The molecular formula is C8H15ClN2O. The van der Waals surface area contributed by atoms with Crippen molar-refractivity contribution in [2.45, 2.75) is 6.54 Å². The first-order valence-corrected chi connectivity index (χ1v) is 3.76. The number of aliphatic hydroxyl groups is 1. The van der Waals surface area contributed by atoms with Crippen LogP contribution in [0.3, 0.4) is 0 Å². The van der Waals surface area contributed by atoms with Crippen molar-refractivity contribution in [1.82, 2.24) is 9.88 Å². The molecule has 0 fully saturated rings. The molecule has 0 aliphatic heterocycles. The van der Waals surface area contributed by atoms with Gasteiger partial charge in [0, 0.05) is 32.0 Å². The first-order valence-electron chi connectivity index (χ1n) is 3.76. The minimum Gasteiger partial charge on any atom is -0.395 e. The number of hydrogen-bond acceptors (Lipinski definition) is 2. The summed E-state index contributed by atoms with van der Waals surface area (Å²) < 4.78 is 2.06. The van der Waals surface area contributed by atoms with Gasteiger partial charge in [0.05, 0.1) is 6.61 Å². The van der Waals surface area contributed by atoms with Crippen LogP contribution in [-0.4, -0.2) is 22.8 Å². The highest BCUT2D eigenvalue weighted by Gasteiger charge is 1.93. The smallest absolute Gasteiger partial charge is 0.0556 e. The molecule has 0 radical (unpaired) electrons. The molecule has 1 rings (SSSR count). The van der Waals surface area contributed by atoms with Gasteiger partial charge in [-0.2, -0.15) is 0 Å². The summed E-state index contributed by atoms with van der Waals surface area (Å²) in [6.07, 6.45) is 2.01. The van der Waals surface area contributed by atoms with Crippen molar-refractivity contribution >= 4 is 12.4 Å². The van der Waals surface area contributed by atoms with Gasteiger partial charge < -0.3 is 15.0 Å². The molecule has 1 heterocycles. The van der Waals surface area contributed by atoms with Crippen LogP contribution < -0.4 is 5.32 Å². The van der Waals surface area contributed by atoms with E-state index in [-0.39, 0.29) is 19.0 Å². The van der Waals surface area contributed by atoms with Gasteiger partial charge in [0.2, 0.25) is 0 Å². The van der Waals surface area contributed by atoms with Gasteiger partial charge in [-0.25, -0.2) is 0 Å². The number of aryl methyl sites for hydroxylation is 1. The van der Waals surface area contributed by atoms with Gasteiger partial charge in [-0.1, -0.05) is 0 Å². The molecule has 0 saturated carbocycles. The first-order chi connectivity index (χ1) is 5.34. The normalized spacial score (nSPS) is 9.50. The summed E-state index contributed by atoms with van der Waals surface area (Å²) in [4.78, 5) is 0. The van der Waals surface area contributed by atoms with E-state index in [1.165, 1.54) is 5.69 Å². The van der Waals surface area contributed by atoms with Gasteiger partial charge in [0.1, 0.15) is 0 Å². The predicted octanol–water partition coefficient (Wildman–Crippen LogP) is 0.529. The molecule has 0 unspecified atom stereocenters. The van der Waals surface area contributed by atoms with E-state index < -0.39 is 0 Å². The van der Waals surface area contributed by atoms with Gasteiger partial charge in [-0.3, -0.25) is 0 Å². The van der Waals surface area contributed by atoms with E-state index in [1.807, 2.05) is 19.3 Å². The molecule has 0 aliphatic carbocycles. The van der Waals surface area contributed by atoms with Crippen LogP contribution in [0.4, 0.5) is 0 Å². The number of aromatic nitrogens is 1. The summed E-state index contributed by atoms with van der Waals surface area (Å²) in [6, 6.07) is 4.07. The first kappa shape index (κ1) is 11.5. The van der Waals surface area contributed by atoms with Crippen LogP contribution in [0.25, 0.3) is 0 Å². The summed E-state index contributed by atoms with van der Waals surface area (Å²) in [5.74, 6) is 0. The highest BCUT2D eigenvalue weighted by molar-refractivity contribution is 5.85. The number of aliphatic hydroxyl groups excluding tert-OH is 1. The van der Waals surface area contributed by atoms with Crippen molar-refractivity contribution in [3.8, 4) is 0 Å². The summed E-state index contributed by atoms with van der Waals surface area (Å²) in [5.41, 5.74) is 1.23. The molecule has 0 aliphatic rings. The summed E-state index contributed by atoms with van der Waals surface area (Å²) in [5, 5.41) is 11.6. The van der Waals surface area contributed by atoms with E-state index in [2.05, 4.69) is 16.0 Å². The van der Waals surface area contributed by atoms with Crippen molar-refractivity contribution in [3.63, 3.8) is 0 Å². The highest BCUT2D eigenvalue weighted by Crippen LogP contribution is 1.97. The van der Waals surface area contributed by atoms with Crippen LogP contribution >= 0.6 is 12.4 Å². The Bertz CT molecular complexity index is 213.